The summed E-state index contributed by atoms with van der Waals surface area (Å²) in [6, 6.07) is 10.9. The number of carbonyl (C=O) groups excluding carboxylic acids is 1. The molecule has 1 heterocycles. The van der Waals surface area contributed by atoms with Crippen LogP contribution in [0, 0.1) is 11.6 Å². The Morgan fingerprint density at radius 3 is 2.66 bits per heavy atom. The van der Waals surface area contributed by atoms with Crippen LogP contribution in [0.2, 0.25) is 0 Å². The van der Waals surface area contributed by atoms with Crippen LogP contribution >= 0.6 is 0 Å². The molecule has 2 aromatic rings. The lowest BCUT2D eigenvalue weighted by Gasteiger charge is -2.34. The summed E-state index contributed by atoms with van der Waals surface area (Å²) < 4.78 is 32.8. The van der Waals surface area contributed by atoms with Crippen molar-refractivity contribution in [3.05, 3.63) is 59.7 Å². The lowest BCUT2D eigenvalue weighted by atomic mass is 10.0. The zero-order valence-corrected chi connectivity index (χ0v) is 18.9. The third-order valence-corrected chi connectivity index (χ3v) is 5.88. The number of carbonyl (C=O) groups is 1. The summed E-state index contributed by atoms with van der Waals surface area (Å²) in [6.07, 6.45) is 4.51. The highest BCUT2D eigenvalue weighted by Gasteiger charge is 2.20. The normalized spacial score (nSPS) is 16.6. The van der Waals surface area contributed by atoms with Crippen LogP contribution in [0.25, 0.3) is 0 Å². The van der Waals surface area contributed by atoms with Crippen LogP contribution < -0.4 is 10.1 Å². The average molecular weight is 446 g/mol. The lowest BCUT2D eigenvalue weighted by Crippen LogP contribution is -2.40. The van der Waals surface area contributed by atoms with Gasteiger partial charge >= 0.3 is 6.03 Å². The van der Waals surface area contributed by atoms with Crippen molar-refractivity contribution in [1.29, 1.82) is 0 Å². The van der Waals surface area contributed by atoms with Crippen LogP contribution in [0.4, 0.5) is 19.3 Å². The fraction of sp³-hybridized carbons (Fsp3) is 0.480. The number of ether oxygens (including phenoxy) is 1. The fourth-order valence-corrected chi connectivity index (χ4v) is 4.07. The quantitative estimate of drug-likeness (QED) is 0.542. The lowest BCUT2D eigenvalue weighted by molar-refractivity contribution is 0.150. The molecule has 1 aliphatic rings. The Balaban J connectivity index is 1.66. The molecule has 7 heteroatoms. The van der Waals surface area contributed by atoms with Gasteiger partial charge in [0.05, 0.1) is 12.3 Å². The molecule has 5 nitrogen and oxygen atoms in total. The average Bonchev–Trinajstić information content (AvgIpc) is 2.77. The van der Waals surface area contributed by atoms with Gasteiger partial charge in [0.25, 0.3) is 0 Å². The van der Waals surface area contributed by atoms with Crippen LogP contribution in [0.15, 0.2) is 42.5 Å². The highest BCUT2D eigenvalue weighted by Crippen LogP contribution is 2.19. The molecule has 0 aliphatic carbocycles. The molecule has 2 amide bonds. The molecule has 1 saturated heterocycles. The molecule has 0 radical (unpaired) electrons. The SMILES string of the molecule is CCOc1ccc(CN(CCCN2CCCCC2C)C(=O)Nc2ccc(F)cc2F)cc1. The van der Waals surface area contributed by atoms with Gasteiger partial charge in [-0.1, -0.05) is 18.6 Å². The van der Waals surface area contributed by atoms with Gasteiger partial charge in [-0.2, -0.15) is 0 Å². The van der Waals surface area contributed by atoms with E-state index in [1.54, 1.807) is 4.90 Å². The van der Waals surface area contributed by atoms with Gasteiger partial charge in [0.2, 0.25) is 0 Å². The second-order valence-corrected chi connectivity index (χ2v) is 8.29. The van der Waals surface area contributed by atoms with E-state index in [-0.39, 0.29) is 5.69 Å². The van der Waals surface area contributed by atoms with Crippen molar-refractivity contribution in [2.24, 2.45) is 0 Å². The number of nitrogens with one attached hydrogen (secondary N) is 1. The smallest absolute Gasteiger partial charge is 0.322 e. The minimum Gasteiger partial charge on any atom is -0.494 e. The molecule has 1 unspecified atom stereocenters. The summed E-state index contributed by atoms with van der Waals surface area (Å²) >= 11 is 0. The van der Waals surface area contributed by atoms with Gasteiger partial charge < -0.3 is 19.9 Å². The first-order chi connectivity index (χ1) is 15.5. The zero-order valence-electron chi connectivity index (χ0n) is 18.9. The highest BCUT2D eigenvalue weighted by atomic mass is 19.1. The van der Waals surface area contributed by atoms with Crippen LogP contribution in [0.1, 0.15) is 45.1 Å². The topological polar surface area (TPSA) is 44.8 Å². The van der Waals surface area contributed by atoms with E-state index in [0.29, 0.717) is 25.7 Å². The summed E-state index contributed by atoms with van der Waals surface area (Å²) in [5.74, 6) is -0.691. The molecule has 1 N–H and O–H groups in total. The van der Waals surface area contributed by atoms with E-state index in [1.807, 2.05) is 31.2 Å². The van der Waals surface area contributed by atoms with Gasteiger partial charge in [0.1, 0.15) is 17.4 Å². The number of anilines is 1. The van der Waals surface area contributed by atoms with Crippen LogP contribution in [-0.4, -0.2) is 48.1 Å². The van der Waals surface area contributed by atoms with Gasteiger partial charge in [-0.3, -0.25) is 0 Å². The van der Waals surface area contributed by atoms with E-state index in [1.165, 1.54) is 25.3 Å². The van der Waals surface area contributed by atoms with E-state index >= 15 is 0 Å². The second-order valence-electron chi connectivity index (χ2n) is 8.29. The summed E-state index contributed by atoms with van der Waals surface area (Å²) in [4.78, 5) is 17.1. The van der Waals surface area contributed by atoms with E-state index in [9.17, 15) is 13.6 Å². The Labute approximate surface area is 189 Å². The number of likely N-dealkylation sites (tertiary alicyclic amines) is 1. The molecule has 0 aromatic heterocycles. The molecular weight excluding hydrogens is 412 g/mol. The van der Waals surface area contributed by atoms with Crippen molar-refractivity contribution in [2.45, 2.75) is 52.1 Å². The number of hydrogen-bond acceptors (Lipinski definition) is 3. The molecule has 174 valence electrons. The number of benzene rings is 2. The van der Waals surface area contributed by atoms with Gasteiger partial charge in [-0.25, -0.2) is 13.6 Å². The van der Waals surface area contributed by atoms with E-state index < -0.39 is 17.7 Å². The Bertz CT molecular complexity index is 876. The molecule has 0 saturated carbocycles. The first kappa shape index (κ1) is 24.0. The van der Waals surface area contributed by atoms with E-state index in [0.717, 1.165) is 43.0 Å². The van der Waals surface area contributed by atoms with Gasteiger partial charge in [0, 0.05) is 31.7 Å². The molecule has 1 atom stereocenters. The predicted molar refractivity (Wildman–Crippen MR) is 123 cm³/mol. The van der Waals surface area contributed by atoms with Gasteiger partial charge in [-0.15, -0.1) is 0 Å². The Morgan fingerprint density at radius 1 is 1.19 bits per heavy atom. The van der Waals surface area contributed by atoms with Gasteiger partial charge in [0.15, 0.2) is 0 Å². The van der Waals surface area contributed by atoms with Crippen molar-refractivity contribution in [2.75, 3.05) is 31.6 Å². The number of amides is 2. The number of rotatable bonds is 9. The number of piperidine rings is 1. The van der Waals surface area contributed by atoms with E-state index in [2.05, 4.69) is 17.1 Å². The third kappa shape index (κ3) is 6.92. The Hall–Kier alpha value is -2.67. The summed E-state index contributed by atoms with van der Waals surface area (Å²) in [7, 11) is 0. The molecule has 0 bridgehead atoms. The van der Waals surface area contributed by atoms with Crippen molar-refractivity contribution >= 4 is 11.7 Å². The maximum atomic E-state index is 14.1. The number of halogens is 2. The Kier molecular flexibility index (Phi) is 8.85. The summed E-state index contributed by atoms with van der Waals surface area (Å²) in [5, 5.41) is 2.59. The minimum atomic E-state index is -0.790. The molecule has 3 rings (SSSR count). The monoisotopic (exact) mass is 445 g/mol. The Morgan fingerprint density at radius 2 is 1.97 bits per heavy atom. The first-order valence-corrected chi connectivity index (χ1v) is 11.4. The third-order valence-electron chi connectivity index (χ3n) is 5.88. The van der Waals surface area contributed by atoms with Crippen molar-refractivity contribution in [3.8, 4) is 5.75 Å². The second kappa shape index (κ2) is 11.8. The number of urea groups is 1. The van der Waals surface area contributed by atoms with Crippen LogP contribution in [0.3, 0.4) is 0 Å². The van der Waals surface area contributed by atoms with Crippen LogP contribution in [-0.2, 0) is 6.54 Å². The van der Waals surface area contributed by atoms with Crippen LogP contribution in [0.5, 0.6) is 5.75 Å². The largest absolute Gasteiger partial charge is 0.494 e. The van der Waals surface area contributed by atoms with E-state index in [4.69, 9.17) is 4.74 Å². The molecule has 0 spiro atoms. The zero-order chi connectivity index (χ0) is 22.9. The summed E-state index contributed by atoms with van der Waals surface area (Å²) in [6.45, 7) is 7.69. The highest BCUT2D eigenvalue weighted by molar-refractivity contribution is 5.89. The molecule has 32 heavy (non-hydrogen) atoms. The number of hydrogen-bond donors (Lipinski definition) is 1. The first-order valence-electron chi connectivity index (χ1n) is 11.4. The predicted octanol–water partition coefficient (Wildman–Crippen LogP) is 5.66. The summed E-state index contributed by atoms with van der Waals surface area (Å²) in [5.41, 5.74) is 0.923. The minimum absolute atomic E-state index is 0.0299. The maximum absolute atomic E-state index is 14.1. The fourth-order valence-electron chi connectivity index (χ4n) is 4.07. The van der Waals surface area contributed by atoms with Crippen molar-refractivity contribution in [1.82, 2.24) is 9.80 Å². The molecule has 2 aromatic carbocycles. The van der Waals surface area contributed by atoms with Gasteiger partial charge in [-0.05, 0) is 69.5 Å². The standard InChI is InChI=1S/C25H33F2N3O2/c1-3-32-22-11-8-20(9-12-22)18-30(16-6-15-29-14-5-4-7-19(29)2)25(31)28-24-13-10-21(26)17-23(24)27/h8-13,17,19H,3-7,14-16,18H2,1-2H3,(H,28,31). The molecule has 1 fully saturated rings. The number of nitrogens with zero attached hydrogens (tertiary/aromatic N) is 2. The maximum Gasteiger partial charge on any atom is 0.322 e. The van der Waals surface area contributed by atoms with Crippen molar-refractivity contribution < 1.29 is 18.3 Å². The van der Waals surface area contributed by atoms with Crippen molar-refractivity contribution in [3.63, 3.8) is 0 Å². The molecule has 1 aliphatic heterocycles. The molecular formula is C25H33F2N3O2.